The molecule has 23 heavy (non-hydrogen) atoms. The molecule has 2 N–H and O–H groups in total. The van der Waals surface area contributed by atoms with Gasteiger partial charge in [-0.3, -0.25) is 4.79 Å². The lowest BCUT2D eigenvalue weighted by atomic mass is 10.1. The molecule has 2 rings (SSSR count). The molecule has 0 aliphatic carbocycles. The van der Waals surface area contributed by atoms with Gasteiger partial charge in [0.25, 0.3) is 5.91 Å². The predicted molar refractivity (Wildman–Crippen MR) is 87.7 cm³/mol. The average Bonchev–Trinajstić information content (AvgIpc) is 2.48. The average molecular weight is 401 g/mol. The van der Waals surface area contributed by atoms with E-state index >= 15 is 0 Å². The van der Waals surface area contributed by atoms with Crippen molar-refractivity contribution in [3.8, 4) is 0 Å². The monoisotopic (exact) mass is 400 g/mol. The number of nitrogens with zero attached hydrogens (tertiary/aromatic N) is 1. The van der Waals surface area contributed by atoms with Gasteiger partial charge in [-0.15, -0.1) is 0 Å². The summed E-state index contributed by atoms with van der Waals surface area (Å²) in [6.45, 7) is 0.0531. The van der Waals surface area contributed by atoms with Crippen LogP contribution in [-0.4, -0.2) is 26.3 Å². The van der Waals surface area contributed by atoms with Crippen molar-refractivity contribution in [2.45, 2.75) is 11.4 Å². The Bertz CT molecular complexity index is 856. The molecule has 0 atom stereocenters. The van der Waals surface area contributed by atoms with Crippen LogP contribution in [-0.2, 0) is 16.6 Å². The number of benzene rings is 2. The highest BCUT2D eigenvalue weighted by atomic mass is 79.9. The van der Waals surface area contributed by atoms with Crippen molar-refractivity contribution in [1.82, 2.24) is 4.90 Å². The normalized spacial score (nSPS) is 11.3. The van der Waals surface area contributed by atoms with Crippen LogP contribution in [0.15, 0.2) is 51.8 Å². The number of nitrogens with two attached hydrogens (primary N) is 1. The predicted octanol–water partition coefficient (Wildman–Crippen LogP) is 2.51. The van der Waals surface area contributed by atoms with Gasteiger partial charge in [0, 0.05) is 23.6 Å². The third-order valence-electron chi connectivity index (χ3n) is 3.21. The first-order valence-corrected chi connectivity index (χ1v) is 8.85. The molecular formula is C15H14BrFN2O3S. The highest BCUT2D eigenvalue weighted by Gasteiger charge is 2.19. The van der Waals surface area contributed by atoms with E-state index in [1.807, 2.05) is 0 Å². The largest absolute Gasteiger partial charge is 0.337 e. The van der Waals surface area contributed by atoms with Gasteiger partial charge in [0.2, 0.25) is 10.0 Å². The fourth-order valence-electron chi connectivity index (χ4n) is 2.00. The molecule has 1 amide bonds. The minimum absolute atomic E-state index is 0.0531. The summed E-state index contributed by atoms with van der Waals surface area (Å²) in [4.78, 5) is 13.6. The molecule has 0 fully saturated rings. The number of hydrogen-bond acceptors (Lipinski definition) is 3. The van der Waals surface area contributed by atoms with Crippen molar-refractivity contribution in [1.29, 1.82) is 0 Å². The van der Waals surface area contributed by atoms with E-state index in [9.17, 15) is 17.6 Å². The van der Waals surface area contributed by atoms with E-state index in [4.69, 9.17) is 5.14 Å². The highest BCUT2D eigenvalue weighted by molar-refractivity contribution is 9.10. The van der Waals surface area contributed by atoms with Gasteiger partial charge in [0.1, 0.15) is 5.82 Å². The summed E-state index contributed by atoms with van der Waals surface area (Å²) >= 11 is 3.21. The summed E-state index contributed by atoms with van der Waals surface area (Å²) in [7, 11) is -2.41. The van der Waals surface area contributed by atoms with Crippen molar-refractivity contribution in [3.63, 3.8) is 0 Å². The summed E-state index contributed by atoms with van der Waals surface area (Å²) in [5.41, 5.74) is 0.498. The van der Waals surface area contributed by atoms with Crippen molar-refractivity contribution in [2.75, 3.05) is 7.05 Å². The van der Waals surface area contributed by atoms with Crippen molar-refractivity contribution < 1.29 is 17.6 Å². The summed E-state index contributed by atoms with van der Waals surface area (Å²) in [6.07, 6.45) is 0. The molecule has 0 saturated carbocycles. The van der Waals surface area contributed by atoms with E-state index in [1.54, 1.807) is 18.2 Å². The van der Waals surface area contributed by atoms with Gasteiger partial charge in [-0.05, 0) is 40.2 Å². The molecule has 0 spiro atoms. The van der Waals surface area contributed by atoms with Gasteiger partial charge >= 0.3 is 0 Å². The van der Waals surface area contributed by atoms with E-state index in [1.165, 1.54) is 36.2 Å². The van der Waals surface area contributed by atoms with Crippen LogP contribution in [0.3, 0.4) is 0 Å². The van der Waals surface area contributed by atoms with Gasteiger partial charge in [-0.1, -0.05) is 18.2 Å². The number of amides is 1. The molecule has 5 nitrogen and oxygen atoms in total. The first-order valence-electron chi connectivity index (χ1n) is 6.51. The van der Waals surface area contributed by atoms with Crippen molar-refractivity contribution in [3.05, 3.63) is 63.9 Å². The van der Waals surface area contributed by atoms with Crippen LogP contribution in [0.1, 0.15) is 15.9 Å². The standard InChI is InChI=1S/C15H14BrFN2O3S/c1-19(9-10-4-2-3-5-14(10)17)15(20)12-8-11(23(18,21)22)6-7-13(12)16/h2-8H,9H2,1H3,(H2,18,21,22). The second-order valence-corrected chi connectivity index (χ2v) is 7.36. The third kappa shape index (κ3) is 4.15. The van der Waals surface area contributed by atoms with Gasteiger partial charge in [-0.2, -0.15) is 0 Å². The molecule has 122 valence electrons. The van der Waals surface area contributed by atoms with E-state index in [0.29, 0.717) is 10.0 Å². The smallest absolute Gasteiger partial charge is 0.255 e. The van der Waals surface area contributed by atoms with Crippen molar-refractivity contribution in [2.24, 2.45) is 5.14 Å². The first-order chi connectivity index (χ1) is 10.7. The number of primary sulfonamides is 1. The summed E-state index contributed by atoms with van der Waals surface area (Å²) in [5, 5.41) is 5.08. The molecule has 0 saturated heterocycles. The molecule has 2 aromatic rings. The van der Waals surface area contributed by atoms with Crippen LogP contribution in [0.4, 0.5) is 4.39 Å². The highest BCUT2D eigenvalue weighted by Crippen LogP contribution is 2.22. The van der Waals surface area contributed by atoms with Gasteiger partial charge < -0.3 is 4.90 Å². The number of sulfonamides is 1. The van der Waals surface area contributed by atoms with Crippen LogP contribution in [0.25, 0.3) is 0 Å². The summed E-state index contributed by atoms with van der Waals surface area (Å²) in [5.74, 6) is -0.866. The van der Waals surface area contributed by atoms with Crippen LogP contribution < -0.4 is 5.14 Å². The van der Waals surface area contributed by atoms with E-state index in [2.05, 4.69) is 15.9 Å². The number of hydrogen-bond donors (Lipinski definition) is 1. The lowest BCUT2D eigenvalue weighted by Crippen LogP contribution is -2.27. The molecule has 0 bridgehead atoms. The molecule has 0 unspecified atom stereocenters. The third-order valence-corrected chi connectivity index (χ3v) is 4.81. The maximum atomic E-state index is 13.7. The SMILES string of the molecule is CN(Cc1ccccc1F)C(=O)c1cc(S(N)(=O)=O)ccc1Br. The van der Waals surface area contributed by atoms with Crippen LogP contribution in [0, 0.1) is 5.82 Å². The summed E-state index contributed by atoms with van der Waals surface area (Å²) < 4.78 is 36.9. The van der Waals surface area contributed by atoms with Crippen LogP contribution in [0.2, 0.25) is 0 Å². The Morgan fingerprint density at radius 3 is 2.52 bits per heavy atom. The van der Waals surface area contributed by atoms with Crippen LogP contribution >= 0.6 is 15.9 Å². The summed E-state index contributed by atoms with van der Waals surface area (Å²) in [6, 6.07) is 10.1. The Labute approximate surface area is 142 Å². The molecule has 0 aromatic heterocycles. The Kier molecular flexibility index (Phi) is 5.18. The lowest BCUT2D eigenvalue weighted by molar-refractivity contribution is 0.0782. The molecule has 0 aliphatic rings. The number of carbonyl (C=O) groups excluding carboxylic acids is 1. The fourth-order valence-corrected chi connectivity index (χ4v) is 2.96. The fraction of sp³-hybridized carbons (Fsp3) is 0.133. The first kappa shape index (κ1) is 17.6. The second kappa shape index (κ2) is 6.77. The minimum atomic E-state index is -3.92. The Morgan fingerprint density at radius 1 is 1.26 bits per heavy atom. The maximum absolute atomic E-state index is 13.7. The van der Waals surface area contributed by atoms with Gasteiger partial charge in [-0.25, -0.2) is 17.9 Å². The molecule has 2 aromatic carbocycles. The molecule has 0 heterocycles. The van der Waals surface area contributed by atoms with E-state index in [-0.39, 0.29) is 17.0 Å². The number of halogens is 2. The molecule has 0 radical (unpaired) electrons. The Morgan fingerprint density at radius 2 is 1.91 bits per heavy atom. The zero-order valence-corrected chi connectivity index (χ0v) is 14.6. The minimum Gasteiger partial charge on any atom is -0.337 e. The van der Waals surface area contributed by atoms with Gasteiger partial charge in [0.15, 0.2) is 0 Å². The maximum Gasteiger partial charge on any atom is 0.255 e. The zero-order chi connectivity index (χ0) is 17.2. The Balaban J connectivity index is 2.31. The van der Waals surface area contributed by atoms with Crippen LogP contribution in [0.5, 0.6) is 0 Å². The van der Waals surface area contributed by atoms with E-state index < -0.39 is 21.7 Å². The van der Waals surface area contributed by atoms with Gasteiger partial charge in [0.05, 0.1) is 10.5 Å². The Hall–Kier alpha value is -1.77. The lowest BCUT2D eigenvalue weighted by Gasteiger charge is -2.19. The van der Waals surface area contributed by atoms with E-state index in [0.717, 1.165) is 0 Å². The number of carbonyl (C=O) groups is 1. The quantitative estimate of drug-likeness (QED) is 0.855. The molecular weight excluding hydrogens is 387 g/mol. The van der Waals surface area contributed by atoms with Crippen molar-refractivity contribution >= 4 is 31.9 Å². The zero-order valence-electron chi connectivity index (χ0n) is 12.2. The topological polar surface area (TPSA) is 80.5 Å². The molecule has 0 aliphatic heterocycles. The number of rotatable bonds is 4. The molecule has 8 heteroatoms. The second-order valence-electron chi connectivity index (χ2n) is 4.94.